The summed E-state index contributed by atoms with van der Waals surface area (Å²) in [6, 6.07) is 3.31. The fourth-order valence-electron chi connectivity index (χ4n) is 3.94. The van der Waals surface area contributed by atoms with E-state index in [1.807, 2.05) is 0 Å². The molecule has 3 heterocycles. The molecule has 3 aromatic heterocycles. The number of primary amides is 1. The van der Waals surface area contributed by atoms with Gasteiger partial charge in [-0.05, 0) is 43.2 Å². The summed E-state index contributed by atoms with van der Waals surface area (Å²) in [5.74, 6) is -0.966. The topological polar surface area (TPSA) is 120 Å². The van der Waals surface area contributed by atoms with Crippen molar-refractivity contribution in [2.45, 2.75) is 35.9 Å². The molecule has 3 N–H and O–H groups in total. The number of pyridine rings is 2. The first-order valence-electron chi connectivity index (χ1n) is 10.4. The number of rotatable bonds is 7. The van der Waals surface area contributed by atoms with Gasteiger partial charge in [0.1, 0.15) is 16.1 Å². The summed E-state index contributed by atoms with van der Waals surface area (Å²) in [7, 11) is -4.57. The molecule has 5 rings (SSSR count). The van der Waals surface area contributed by atoms with E-state index in [0.717, 1.165) is 24.5 Å². The smallest absolute Gasteiger partial charge is 0.366 e. The van der Waals surface area contributed by atoms with Crippen LogP contribution in [-0.4, -0.2) is 40.6 Å². The maximum absolute atomic E-state index is 13.3. The highest BCUT2D eigenvalue weighted by atomic mass is 32.2. The van der Waals surface area contributed by atoms with E-state index in [9.17, 15) is 35.2 Å². The van der Waals surface area contributed by atoms with Gasteiger partial charge in [0.25, 0.3) is 12.3 Å². The van der Waals surface area contributed by atoms with Gasteiger partial charge in [0, 0.05) is 29.0 Å². The van der Waals surface area contributed by atoms with Gasteiger partial charge in [-0.1, -0.05) is 6.08 Å². The molecule has 0 radical (unpaired) electrons. The lowest BCUT2D eigenvalue weighted by atomic mass is 10.1. The number of aromatic nitrogens is 3. The third kappa shape index (κ3) is 3.76. The van der Waals surface area contributed by atoms with Crippen molar-refractivity contribution in [1.29, 1.82) is 0 Å². The second kappa shape index (κ2) is 7.93. The van der Waals surface area contributed by atoms with E-state index in [-0.39, 0.29) is 40.8 Å². The molecule has 14 heteroatoms. The predicted molar refractivity (Wildman–Crippen MR) is 118 cm³/mol. The number of alkyl halides is 5. The molecule has 0 bridgehead atoms. The van der Waals surface area contributed by atoms with Crippen LogP contribution in [0, 0.1) is 0 Å². The molecule has 1 amide bonds. The average Bonchev–Trinajstić information content (AvgIpc) is 3.47. The minimum Gasteiger partial charge on any atom is -0.366 e. The van der Waals surface area contributed by atoms with Crippen LogP contribution in [0.15, 0.2) is 53.7 Å². The number of allylic oxidation sites excluding steroid dienone is 4. The Kier molecular flexibility index (Phi) is 5.30. The number of nitrogens with one attached hydrogen (secondary N) is 1. The second-order valence-corrected chi connectivity index (χ2v) is 10.1. The Balaban J connectivity index is 1.63. The number of carbonyl (C=O) groups excluding carboxylic acids is 1. The van der Waals surface area contributed by atoms with Gasteiger partial charge in [-0.2, -0.15) is 17.9 Å². The van der Waals surface area contributed by atoms with Gasteiger partial charge in [0.05, 0.1) is 17.0 Å². The summed E-state index contributed by atoms with van der Waals surface area (Å²) in [5, 5.41) is 0.0394. The van der Waals surface area contributed by atoms with Gasteiger partial charge in [-0.25, -0.2) is 22.2 Å². The second-order valence-electron chi connectivity index (χ2n) is 8.38. The molecular weight excluding hydrogens is 509 g/mol. The van der Waals surface area contributed by atoms with Crippen molar-refractivity contribution in [3.8, 4) is 11.4 Å². The van der Waals surface area contributed by atoms with Crippen molar-refractivity contribution in [3.05, 3.63) is 59.9 Å². The molecule has 2 aliphatic rings. The first-order valence-corrected chi connectivity index (χ1v) is 11.9. The summed E-state index contributed by atoms with van der Waals surface area (Å²) in [6.07, 6.45) is -1.55. The number of amides is 1. The number of carbonyl (C=O) groups is 1. The SMILES string of the molecule is NC(=O)c1c(-c2ccc(S(=O)(=O)NC3(C(F)(F)F)CC3)cn2)n(C2=CC=C2)c2ncc(C(F)F)cc12. The molecule has 1 saturated carbocycles. The highest BCUT2D eigenvalue weighted by Gasteiger charge is 2.65. The van der Waals surface area contributed by atoms with E-state index in [1.165, 1.54) is 10.6 Å². The summed E-state index contributed by atoms with van der Waals surface area (Å²) in [4.78, 5) is 20.1. The van der Waals surface area contributed by atoms with E-state index in [0.29, 0.717) is 5.70 Å². The van der Waals surface area contributed by atoms with Crippen LogP contribution >= 0.6 is 0 Å². The molecule has 0 atom stereocenters. The number of sulfonamides is 1. The lowest BCUT2D eigenvalue weighted by Crippen LogP contribution is -2.47. The van der Waals surface area contributed by atoms with E-state index < -0.39 is 44.5 Å². The number of hydrogen-bond donors (Lipinski definition) is 2. The first-order chi connectivity index (χ1) is 16.8. The minimum absolute atomic E-state index is 0.0255. The van der Waals surface area contributed by atoms with Crippen molar-refractivity contribution in [2.24, 2.45) is 5.73 Å². The summed E-state index contributed by atoms with van der Waals surface area (Å²) in [6.45, 7) is 0. The van der Waals surface area contributed by atoms with E-state index in [2.05, 4.69) is 9.97 Å². The molecule has 0 aliphatic heterocycles. The quantitative estimate of drug-likeness (QED) is 0.453. The molecule has 0 aromatic carbocycles. The Hall–Kier alpha value is -3.65. The number of nitrogens with two attached hydrogens (primary N) is 1. The molecule has 36 heavy (non-hydrogen) atoms. The Morgan fingerprint density at radius 3 is 2.33 bits per heavy atom. The van der Waals surface area contributed by atoms with Crippen LogP contribution in [-0.2, 0) is 10.0 Å². The average molecular weight is 525 g/mol. The normalized spacial score (nSPS) is 16.8. The molecule has 188 valence electrons. The predicted octanol–water partition coefficient (Wildman–Crippen LogP) is 3.92. The van der Waals surface area contributed by atoms with Crippen molar-refractivity contribution < 1.29 is 35.2 Å². The van der Waals surface area contributed by atoms with Gasteiger partial charge in [0.15, 0.2) is 0 Å². The van der Waals surface area contributed by atoms with Gasteiger partial charge in [0.2, 0.25) is 10.0 Å². The molecule has 2 aliphatic carbocycles. The number of fused-ring (bicyclic) bond motifs is 1. The zero-order valence-electron chi connectivity index (χ0n) is 18.1. The zero-order chi connectivity index (χ0) is 26.0. The molecular formula is C22H16F5N5O3S. The van der Waals surface area contributed by atoms with Crippen LogP contribution in [0.5, 0.6) is 0 Å². The summed E-state index contributed by atoms with van der Waals surface area (Å²) < 4.78 is 94.7. The van der Waals surface area contributed by atoms with Crippen LogP contribution < -0.4 is 10.5 Å². The van der Waals surface area contributed by atoms with Gasteiger partial charge in [-0.15, -0.1) is 0 Å². The molecule has 0 spiro atoms. The summed E-state index contributed by atoms with van der Waals surface area (Å²) >= 11 is 0. The fourth-order valence-corrected chi connectivity index (χ4v) is 5.33. The van der Waals surface area contributed by atoms with Gasteiger partial charge >= 0.3 is 6.18 Å². The largest absolute Gasteiger partial charge is 0.407 e. The van der Waals surface area contributed by atoms with Crippen molar-refractivity contribution in [2.75, 3.05) is 0 Å². The maximum atomic E-state index is 13.3. The Morgan fingerprint density at radius 2 is 1.86 bits per heavy atom. The van der Waals surface area contributed by atoms with Crippen molar-refractivity contribution in [3.63, 3.8) is 0 Å². The zero-order valence-corrected chi connectivity index (χ0v) is 18.9. The number of halogens is 5. The number of hydrogen-bond acceptors (Lipinski definition) is 5. The monoisotopic (exact) mass is 525 g/mol. The van der Waals surface area contributed by atoms with Gasteiger partial charge in [-0.3, -0.25) is 14.3 Å². The summed E-state index contributed by atoms with van der Waals surface area (Å²) in [5.41, 5.74) is 3.23. The number of nitrogens with zero attached hydrogens (tertiary/aromatic N) is 3. The standard InChI is InChI=1S/C22H16F5N5O3S/c23-18(24)11-8-14-16(19(28)33)17(32(12-2-1-3-12)20(14)30-9-11)15-5-4-13(10-29-15)36(34,35)31-21(6-7-21)22(25,26)27/h1-5,8-10,18,31H,6-7H2,(H2,28,33). The van der Waals surface area contributed by atoms with Crippen molar-refractivity contribution in [1.82, 2.24) is 19.3 Å². The lowest BCUT2D eigenvalue weighted by molar-refractivity contribution is -0.160. The third-order valence-corrected chi connectivity index (χ3v) is 7.55. The molecule has 1 fully saturated rings. The van der Waals surface area contributed by atoms with Crippen LogP contribution in [0.4, 0.5) is 22.0 Å². The van der Waals surface area contributed by atoms with Crippen LogP contribution in [0.3, 0.4) is 0 Å². The Bertz CT molecular complexity index is 1570. The van der Waals surface area contributed by atoms with E-state index in [4.69, 9.17) is 5.73 Å². The molecule has 0 unspecified atom stereocenters. The Morgan fingerprint density at radius 1 is 1.17 bits per heavy atom. The third-order valence-electron chi connectivity index (χ3n) is 6.03. The highest BCUT2D eigenvalue weighted by molar-refractivity contribution is 7.89. The lowest BCUT2D eigenvalue weighted by Gasteiger charge is -2.20. The molecule has 0 saturated heterocycles. The minimum atomic E-state index is -4.75. The molecule has 8 nitrogen and oxygen atoms in total. The maximum Gasteiger partial charge on any atom is 0.407 e. The van der Waals surface area contributed by atoms with E-state index in [1.54, 1.807) is 23.0 Å². The van der Waals surface area contributed by atoms with Crippen LogP contribution in [0.2, 0.25) is 0 Å². The molecule has 3 aromatic rings. The van der Waals surface area contributed by atoms with Crippen molar-refractivity contribution >= 4 is 32.7 Å². The Labute approximate surface area is 200 Å². The first kappa shape index (κ1) is 24.1. The van der Waals surface area contributed by atoms with Crippen LogP contribution in [0.1, 0.15) is 35.2 Å². The van der Waals surface area contributed by atoms with Crippen LogP contribution in [0.25, 0.3) is 28.1 Å². The van der Waals surface area contributed by atoms with E-state index >= 15 is 0 Å². The fraction of sp³-hybridized carbons (Fsp3) is 0.227. The van der Waals surface area contributed by atoms with Gasteiger partial charge < -0.3 is 5.73 Å². The highest BCUT2D eigenvalue weighted by Crippen LogP contribution is 2.49.